The van der Waals surface area contributed by atoms with Crippen LogP contribution >= 0.6 is 0 Å². The number of carbonyl (C=O) groups excluding carboxylic acids is 1. The van der Waals surface area contributed by atoms with E-state index < -0.39 is 18.0 Å². The van der Waals surface area contributed by atoms with E-state index in [1.807, 2.05) is 37.3 Å². The number of benzene rings is 2. The van der Waals surface area contributed by atoms with E-state index in [0.29, 0.717) is 5.69 Å². The second kappa shape index (κ2) is 7.75. The summed E-state index contributed by atoms with van der Waals surface area (Å²) in [6.45, 7) is 3.63. The zero-order valence-corrected chi connectivity index (χ0v) is 15.2. The molecule has 0 bridgehead atoms. The van der Waals surface area contributed by atoms with Gasteiger partial charge in [-0.05, 0) is 38.1 Å². The van der Waals surface area contributed by atoms with Gasteiger partial charge in [0.25, 0.3) is 0 Å². The van der Waals surface area contributed by atoms with Crippen LogP contribution in [-0.2, 0) is 11.2 Å². The molecule has 0 radical (unpaired) electrons. The van der Waals surface area contributed by atoms with Crippen LogP contribution in [0.15, 0.2) is 54.6 Å². The Morgan fingerprint density at radius 1 is 1.07 bits per heavy atom. The van der Waals surface area contributed by atoms with E-state index >= 15 is 0 Å². The first-order valence-electron chi connectivity index (χ1n) is 8.50. The molecule has 3 aromatic rings. The van der Waals surface area contributed by atoms with Crippen molar-refractivity contribution in [3.63, 3.8) is 0 Å². The number of alkyl halides is 3. The molecule has 0 unspecified atom stereocenters. The highest BCUT2D eigenvalue weighted by Gasteiger charge is 2.32. The molecule has 8 heteroatoms. The van der Waals surface area contributed by atoms with Gasteiger partial charge in [0.15, 0.2) is 5.75 Å². The van der Waals surface area contributed by atoms with Crippen molar-refractivity contribution in [1.29, 1.82) is 0 Å². The topological polar surface area (TPSA) is 56.2 Å². The fourth-order valence-corrected chi connectivity index (χ4v) is 2.89. The van der Waals surface area contributed by atoms with Crippen molar-refractivity contribution >= 4 is 11.6 Å². The second-order valence-electron chi connectivity index (χ2n) is 6.17. The van der Waals surface area contributed by atoms with Crippen molar-refractivity contribution in [1.82, 2.24) is 9.78 Å². The summed E-state index contributed by atoms with van der Waals surface area (Å²) in [4.78, 5) is 12.5. The van der Waals surface area contributed by atoms with E-state index in [4.69, 9.17) is 0 Å². The molecular formula is C20H18F3N3O2. The molecule has 5 nitrogen and oxygen atoms in total. The molecule has 0 saturated heterocycles. The average Bonchev–Trinajstić information content (AvgIpc) is 2.91. The van der Waals surface area contributed by atoms with Crippen molar-refractivity contribution in [2.24, 2.45) is 0 Å². The maximum atomic E-state index is 12.5. The molecule has 28 heavy (non-hydrogen) atoms. The minimum absolute atomic E-state index is 0.0230. The molecule has 1 amide bonds. The third-order valence-electron chi connectivity index (χ3n) is 4.17. The van der Waals surface area contributed by atoms with Crippen LogP contribution < -0.4 is 10.1 Å². The lowest BCUT2D eigenvalue weighted by molar-refractivity contribution is -0.274. The molecule has 0 aliphatic rings. The van der Waals surface area contributed by atoms with Gasteiger partial charge in [-0.1, -0.05) is 30.3 Å². The lowest BCUT2D eigenvalue weighted by Crippen LogP contribution is -2.20. The van der Waals surface area contributed by atoms with Crippen molar-refractivity contribution in [2.75, 3.05) is 5.32 Å². The minimum Gasteiger partial charge on any atom is -0.404 e. The predicted octanol–water partition coefficient (Wildman–Crippen LogP) is 4.57. The van der Waals surface area contributed by atoms with E-state index in [2.05, 4.69) is 15.2 Å². The van der Waals surface area contributed by atoms with Crippen LogP contribution in [0.4, 0.5) is 18.9 Å². The number of amides is 1. The summed E-state index contributed by atoms with van der Waals surface area (Å²) < 4.78 is 43.3. The van der Waals surface area contributed by atoms with Gasteiger partial charge >= 0.3 is 6.36 Å². The summed E-state index contributed by atoms with van der Waals surface area (Å²) >= 11 is 0. The van der Waals surface area contributed by atoms with Crippen molar-refractivity contribution in [2.45, 2.75) is 26.6 Å². The van der Waals surface area contributed by atoms with Gasteiger partial charge in [-0.3, -0.25) is 4.79 Å². The number of ether oxygens (including phenoxy) is 1. The first kappa shape index (κ1) is 19.5. The van der Waals surface area contributed by atoms with Crippen molar-refractivity contribution in [3.8, 4) is 11.4 Å². The van der Waals surface area contributed by atoms with Crippen LogP contribution in [0.25, 0.3) is 5.69 Å². The molecule has 2 aromatic carbocycles. The SMILES string of the molecule is Cc1nn(-c2ccccc2)c(C)c1CC(=O)Nc1ccccc1OC(F)(F)F. The summed E-state index contributed by atoms with van der Waals surface area (Å²) in [7, 11) is 0. The molecule has 0 aliphatic carbocycles. The van der Waals surface area contributed by atoms with Crippen LogP contribution in [0.5, 0.6) is 5.75 Å². The second-order valence-corrected chi connectivity index (χ2v) is 6.17. The summed E-state index contributed by atoms with van der Waals surface area (Å²) in [5, 5.41) is 6.95. The Labute approximate surface area is 159 Å². The molecule has 1 heterocycles. The highest BCUT2D eigenvalue weighted by Crippen LogP contribution is 2.30. The first-order valence-corrected chi connectivity index (χ1v) is 8.50. The van der Waals surface area contributed by atoms with Crippen molar-refractivity contribution in [3.05, 3.63) is 71.5 Å². The third kappa shape index (κ3) is 4.51. The highest BCUT2D eigenvalue weighted by molar-refractivity contribution is 5.94. The number of hydrogen-bond acceptors (Lipinski definition) is 3. The summed E-state index contributed by atoms with van der Waals surface area (Å²) in [6.07, 6.45) is -4.87. The van der Waals surface area contributed by atoms with Crippen molar-refractivity contribution < 1.29 is 22.7 Å². The minimum atomic E-state index is -4.84. The molecule has 146 valence electrons. The Kier molecular flexibility index (Phi) is 5.39. The largest absolute Gasteiger partial charge is 0.573 e. The molecular weight excluding hydrogens is 371 g/mol. The number of halogens is 3. The van der Waals surface area contributed by atoms with Gasteiger partial charge in [-0.15, -0.1) is 13.2 Å². The quantitative estimate of drug-likeness (QED) is 0.696. The highest BCUT2D eigenvalue weighted by atomic mass is 19.4. The number of carbonyl (C=O) groups is 1. The number of rotatable bonds is 5. The van der Waals surface area contributed by atoms with Crippen LogP contribution in [-0.4, -0.2) is 22.1 Å². The van der Waals surface area contributed by atoms with E-state index in [0.717, 1.165) is 23.0 Å². The Balaban J connectivity index is 1.79. The number of para-hydroxylation sites is 3. The number of nitrogens with zero attached hydrogens (tertiary/aromatic N) is 2. The number of nitrogens with one attached hydrogen (secondary N) is 1. The third-order valence-corrected chi connectivity index (χ3v) is 4.17. The lowest BCUT2D eigenvalue weighted by atomic mass is 10.1. The molecule has 1 aromatic heterocycles. The van der Waals surface area contributed by atoms with Crippen LogP contribution in [0.2, 0.25) is 0 Å². The lowest BCUT2D eigenvalue weighted by Gasteiger charge is -2.14. The fraction of sp³-hybridized carbons (Fsp3) is 0.200. The van der Waals surface area contributed by atoms with E-state index in [1.165, 1.54) is 18.2 Å². The number of aromatic nitrogens is 2. The molecule has 0 spiro atoms. The predicted molar refractivity (Wildman–Crippen MR) is 98.5 cm³/mol. The maximum absolute atomic E-state index is 12.5. The van der Waals surface area contributed by atoms with E-state index in [1.54, 1.807) is 11.6 Å². The van der Waals surface area contributed by atoms with E-state index in [9.17, 15) is 18.0 Å². The summed E-state index contributed by atoms with van der Waals surface area (Å²) in [5.74, 6) is -0.922. The van der Waals surface area contributed by atoms with Crippen LogP contribution in [0.1, 0.15) is 17.0 Å². The van der Waals surface area contributed by atoms with Gasteiger partial charge in [0.2, 0.25) is 5.91 Å². The van der Waals surface area contributed by atoms with Gasteiger partial charge in [0.1, 0.15) is 0 Å². The molecule has 0 saturated carbocycles. The Bertz CT molecular complexity index is 982. The monoisotopic (exact) mass is 389 g/mol. The van der Waals surface area contributed by atoms with Crippen LogP contribution in [0, 0.1) is 13.8 Å². The Morgan fingerprint density at radius 3 is 2.39 bits per heavy atom. The molecule has 1 N–H and O–H groups in total. The normalized spacial score (nSPS) is 11.3. The molecule has 3 rings (SSSR count). The summed E-state index contributed by atoms with van der Waals surface area (Å²) in [5.41, 5.74) is 3.00. The smallest absolute Gasteiger partial charge is 0.404 e. The zero-order valence-electron chi connectivity index (χ0n) is 15.2. The number of anilines is 1. The van der Waals surface area contributed by atoms with Gasteiger partial charge in [-0.2, -0.15) is 5.10 Å². The number of hydrogen-bond donors (Lipinski definition) is 1. The van der Waals surface area contributed by atoms with Gasteiger partial charge in [-0.25, -0.2) is 4.68 Å². The Hall–Kier alpha value is -3.29. The van der Waals surface area contributed by atoms with Gasteiger partial charge in [0, 0.05) is 11.3 Å². The average molecular weight is 389 g/mol. The number of aryl methyl sites for hydroxylation is 1. The molecule has 0 atom stereocenters. The molecule has 0 aliphatic heterocycles. The maximum Gasteiger partial charge on any atom is 0.573 e. The summed E-state index contributed by atoms with van der Waals surface area (Å²) in [6, 6.07) is 14.9. The molecule has 0 fully saturated rings. The van der Waals surface area contributed by atoms with Gasteiger partial charge < -0.3 is 10.1 Å². The first-order chi connectivity index (χ1) is 13.2. The Morgan fingerprint density at radius 2 is 1.71 bits per heavy atom. The zero-order chi connectivity index (χ0) is 20.3. The van der Waals surface area contributed by atoms with Crippen LogP contribution in [0.3, 0.4) is 0 Å². The standard InChI is InChI=1S/C20H18F3N3O2/c1-13-16(14(2)26(25-13)15-8-4-3-5-9-15)12-19(27)24-17-10-6-7-11-18(17)28-20(21,22)23/h3-11H,12H2,1-2H3,(H,24,27). The van der Waals surface area contributed by atoms with Gasteiger partial charge in [0.05, 0.1) is 23.5 Å². The van der Waals surface area contributed by atoms with E-state index in [-0.39, 0.29) is 12.1 Å². The fourth-order valence-electron chi connectivity index (χ4n) is 2.89.